The summed E-state index contributed by atoms with van der Waals surface area (Å²) in [6.45, 7) is 0. The maximum atomic E-state index is 5.52. The number of imidazole rings is 1. The predicted molar refractivity (Wildman–Crippen MR) is 106 cm³/mol. The van der Waals surface area contributed by atoms with Gasteiger partial charge in [0.1, 0.15) is 5.52 Å². The molecule has 3 aromatic rings. The van der Waals surface area contributed by atoms with Crippen molar-refractivity contribution in [3.63, 3.8) is 0 Å². The first kappa shape index (κ1) is 18.3. The molecule has 0 aliphatic rings. The number of H-pyrrole nitrogens is 1. The molecule has 6 nitrogen and oxygen atoms in total. The van der Waals surface area contributed by atoms with Gasteiger partial charge in [-0.15, -0.1) is 0 Å². The molecule has 1 N–H and O–H groups in total. The molecular weight excluding hydrogens is 350 g/mol. The lowest BCUT2D eigenvalue weighted by Gasteiger charge is -2.16. The summed E-state index contributed by atoms with van der Waals surface area (Å²) in [6, 6.07) is 10.2. The van der Waals surface area contributed by atoms with Crippen LogP contribution in [-0.2, 0) is 5.75 Å². The number of fused-ring (bicyclic) bond motifs is 1. The molecule has 0 saturated carbocycles. The lowest BCUT2D eigenvalue weighted by molar-refractivity contribution is 0.327. The largest absolute Gasteiger partial charge is 0.493 e. The maximum Gasteiger partial charge on any atom is 0.205 e. The molecule has 0 aliphatic heterocycles. The van der Waals surface area contributed by atoms with Gasteiger partial charge in [0, 0.05) is 31.6 Å². The van der Waals surface area contributed by atoms with E-state index in [1.54, 1.807) is 33.1 Å². The first-order valence-electron chi connectivity index (χ1n) is 8.15. The number of nitrogens with one attached hydrogen (secondary N) is 1. The molecular formula is C19H23N3O3S. The van der Waals surface area contributed by atoms with Crippen molar-refractivity contribution >= 4 is 28.5 Å². The summed E-state index contributed by atoms with van der Waals surface area (Å²) in [5, 5.41) is 0.821. The van der Waals surface area contributed by atoms with Crippen molar-refractivity contribution in [1.29, 1.82) is 0 Å². The van der Waals surface area contributed by atoms with Crippen molar-refractivity contribution in [1.82, 2.24) is 9.97 Å². The second-order valence-corrected chi connectivity index (χ2v) is 6.86. The van der Waals surface area contributed by atoms with E-state index in [0.717, 1.165) is 21.9 Å². The Morgan fingerprint density at radius 3 is 2.42 bits per heavy atom. The van der Waals surface area contributed by atoms with Crippen LogP contribution >= 0.6 is 11.8 Å². The molecule has 0 bridgehead atoms. The van der Waals surface area contributed by atoms with Gasteiger partial charge in [-0.3, -0.25) is 0 Å². The van der Waals surface area contributed by atoms with Crippen LogP contribution in [0.3, 0.4) is 0 Å². The molecule has 1 aromatic heterocycles. The number of methoxy groups -OCH3 is 3. The molecule has 26 heavy (non-hydrogen) atoms. The Bertz CT molecular complexity index is 908. The van der Waals surface area contributed by atoms with Crippen LogP contribution in [0, 0.1) is 0 Å². The molecule has 0 saturated heterocycles. The first-order valence-corrected chi connectivity index (χ1v) is 9.14. The molecule has 138 valence electrons. The standard InChI is InChI=1S/C19H23N3O3S/c1-22(2)14-9-7-6-8-12(14)11-26-19-20-13-10-15(23-3)17(24-4)18(25-5)16(13)21-19/h6-10H,11H2,1-5H3,(H,20,21). The number of para-hydroxylation sites is 1. The van der Waals surface area contributed by atoms with E-state index in [4.69, 9.17) is 19.2 Å². The Balaban J connectivity index is 1.93. The van der Waals surface area contributed by atoms with Crippen LogP contribution in [0.15, 0.2) is 35.5 Å². The van der Waals surface area contributed by atoms with E-state index in [2.05, 4.69) is 28.1 Å². The summed E-state index contributed by atoms with van der Waals surface area (Å²) >= 11 is 1.65. The summed E-state index contributed by atoms with van der Waals surface area (Å²) in [5.41, 5.74) is 4.04. The summed E-state index contributed by atoms with van der Waals surface area (Å²) in [4.78, 5) is 10.1. The fourth-order valence-electron chi connectivity index (χ4n) is 2.88. The number of benzene rings is 2. The number of nitrogens with zero attached hydrogens (tertiary/aromatic N) is 2. The van der Waals surface area contributed by atoms with Gasteiger partial charge in [-0.25, -0.2) is 4.98 Å². The Morgan fingerprint density at radius 1 is 1.04 bits per heavy atom. The molecule has 0 amide bonds. The van der Waals surface area contributed by atoms with E-state index in [-0.39, 0.29) is 0 Å². The Labute approximate surface area is 157 Å². The number of aromatic amines is 1. The summed E-state index contributed by atoms with van der Waals surface area (Å²) in [7, 11) is 8.90. The molecule has 0 radical (unpaired) electrons. The maximum absolute atomic E-state index is 5.52. The van der Waals surface area contributed by atoms with Gasteiger partial charge in [0.2, 0.25) is 5.75 Å². The molecule has 0 spiro atoms. The number of aromatic nitrogens is 2. The van der Waals surface area contributed by atoms with Crippen LogP contribution in [0.4, 0.5) is 5.69 Å². The highest BCUT2D eigenvalue weighted by Crippen LogP contribution is 2.43. The SMILES string of the molecule is COc1cc2[nH]c(SCc3ccccc3N(C)C)nc2c(OC)c1OC. The summed E-state index contributed by atoms with van der Waals surface area (Å²) < 4.78 is 16.3. The highest BCUT2D eigenvalue weighted by atomic mass is 32.2. The Kier molecular flexibility index (Phi) is 5.46. The van der Waals surface area contributed by atoms with Gasteiger partial charge in [-0.1, -0.05) is 30.0 Å². The first-order chi connectivity index (χ1) is 12.6. The van der Waals surface area contributed by atoms with Gasteiger partial charge in [0.05, 0.1) is 26.8 Å². The number of anilines is 1. The molecule has 3 rings (SSSR count). The lowest BCUT2D eigenvalue weighted by Crippen LogP contribution is -2.10. The highest BCUT2D eigenvalue weighted by Gasteiger charge is 2.19. The van der Waals surface area contributed by atoms with Crippen LogP contribution < -0.4 is 19.1 Å². The monoisotopic (exact) mass is 373 g/mol. The topological polar surface area (TPSA) is 59.6 Å². The van der Waals surface area contributed by atoms with Gasteiger partial charge in [0.15, 0.2) is 16.7 Å². The average molecular weight is 373 g/mol. The fourth-order valence-corrected chi connectivity index (χ4v) is 3.75. The third kappa shape index (κ3) is 3.39. The van der Waals surface area contributed by atoms with Crippen LogP contribution in [0.25, 0.3) is 11.0 Å². The average Bonchev–Trinajstić information content (AvgIpc) is 3.07. The summed E-state index contributed by atoms with van der Waals surface area (Å²) in [6.07, 6.45) is 0. The van der Waals surface area contributed by atoms with Gasteiger partial charge in [-0.2, -0.15) is 0 Å². The van der Waals surface area contributed by atoms with Crippen LogP contribution in [0.1, 0.15) is 5.56 Å². The van der Waals surface area contributed by atoms with Crippen molar-refractivity contribution < 1.29 is 14.2 Å². The van der Waals surface area contributed by atoms with Crippen molar-refractivity contribution in [3.8, 4) is 17.2 Å². The number of hydrogen-bond donors (Lipinski definition) is 1. The molecule has 0 fully saturated rings. The fraction of sp³-hybridized carbons (Fsp3) is 0.316. The number of thioether (sulfide) groups is 1. The van der Waals surface area contributed by atoms with Crippen molar-refractivity contribution in [2.75, 3.05) is 40.3 Å². The van der Waals surface area contributed by atoms with E-state index >= 15 is 0 Å². The van der Waals surface area contributed by atoms with E-state index in [1.165, 1.54) is 11.3 Å². The van der Waals surface area contributed by atoms with Crippen molar-refractivity contribution in [2.45, 2.75) is 10.9 Å². The Hall–Kier alpha value is -2.54. The highest BCUT2D eigenvalue weighted by molar-refractivity contribution is 7.98. The second-order valence-electron chi connectivity index (χ2n) is 5.90. The van der Waals surface area contributed by atoms with Gasteiger partial charge in [0.25, 0.3) is 0 Å². The second kappa shape index (κ2) is 7.78. The van der Waals surface area contributed by atoms with Gasteiger partial charge < -0.3 is 24.1 Å². The number of ether oxygens (including phenoxy) is 3. The van der Waals surface area contributed by atoms with E-state index in [1.807, 2.05) is 26.2 Å². The zero-order valence-electron chi connectivity index (χ0n) is 15.6. The van der Waals surface area contributed by atoms with Gasteiger partial charge in [-0.05, 0) is 11.6 Å². The minimum atomic E-state index is 0.545. The quantitative estimate of drug-likeness (QED) is 0.633. The molecule has 7 heteroatoms. The van der Waals surface area contributed by atoms with E-state index in [9.17, 15) is 0 Å². The van der Waals surface area contributed by atoms with Crippen molar-refractivity contribution in [3.05, 3.63) is 35.9 Å². The minimum absolute atomic E-state index is 0.545. The third-order valence-electron chi connectivity index (χ3n) is 4.10. The lowest BCUT2D eigenvalue weighted by atomic mass is 10.2. The number of hydrogen-bond acceptors (Lipinski definition) is 6. The zero-order valence-corrected chi connectivity index (χ0v) is 16.4. The van der Waals surface area contributed by atoms with Crippen LogP contribution in [-0.4, -0.2) is 45.4 Å². The molecule has 0 unspecified atom stereocenters. The minimum Gasteiger partial charge on any atom is -0.493 e. The Morgan fingerprint density at radius 2 is 1.77 bits per heavy atom. The molecule has 0 atom stereocenters. The van der Waals surface area contributed by atoms with E-state index < -0.39 is 0 Å². The van der Waals surface area contributed by atoms with Crippen LogP contribution in [0.2, 0.25) is 0 Å². The van der Waals surface area contributed by atoms with Crippen molar-refractivity contribution in [2.24, 2.45) is 0 Å². The van der Waals surface area contributed by atoms with Crippen LogP contribution in [0.5, 0.6) is 17.2 Å². The molecule has 1 heterocycles. The predicted octanol–water partition coefficient (Wildman–Crippen LogP) is 3.95. The smallest absolute Gasteiger partial charge is 0.205 e. The third-order valence-corrected chi connectivity index (χ3v) is 5.02. The molecule has 0 aliphatic carbocycles. The zero-order chi connectivity index (χ0) is 18.7. The molecule has 2 aromatic carbocycles. The summed E-state index contributed by atoms with van der Waals surface area (Å²) in [5.74, 6) is 2.53. The van der Waals surface area contributed by atoms with Gasteiger partial charge >= 0.3 is 0 Å². The number of rotatable bonds is 7. The van der Waals surface area contributed by atoms with E-state index in [0.29, 0.717) is 17.2 Å². The normalized spacial score (nSPS) is 10.8.